The Morgan fingerprint density at radius 3 is 2.44 bits per heavy atom. The Hall–Kier alpha value is -1.95. The van der Waals surface area contributed by atoms with Crippen molar-refractivity contribution < 1.29 is 22.6 Å². The highest BCUT2D eigenvalue weighted by Gasteiger charge is 2.43. The highest BCUT2D eigenvalue weighted by Crippen LogP contribution is 2.47. The second-order valence-electron chi connectivity index (χ2n) is 7.45. The van der Waals surface area contributed by atoms with Gasteiger partial charge >= 0.3 is 6.18 Å². The Morgan fingerprint density at radius 1 is 1.15 bits per heavy atom. The van der Waals surface area contributed by atoms with Crippen LogP contribution in [-0.2, 0) is 22.1 Å². The number of benzene rings is 1. The van der Waals surface area contributed by atoms with E-state index in [4.69, 9.17) is 9.47 Å². The molecule has 1 saturated heterocycles. The SMILES string of the molecule is COC1=C(OC)CC2(C)C(=C1)CCN[C@H]2CCc1ccc(C(F)(F)F)cc1. The van der Waals surface area contributed by atoms with Gasteiger partial charge < -0.3 is 14.8 Å². The summed E-state index contributed by atoms with van der Waals surface area (Å²) in [6.07, 6.45) is 1.08. The van der Waals surface area contributed by atoms with Gasteiger partial charge in [0.05, 0.1) is 19.8 Å². The lowest BCUT2D eigenvalue weighted by Crippen LogP contribution is -2.51. The molecule has 0 spiro atoms. The largest absolute Gasteiger partial charge is 0.497 e. The number of alkyl halides is 3. The van der Waals surface area contributed by atoms with Crippen molar-refractivity contribution in [2.75, 3.05) is 20.8 Å². The summed E-state index contributed by atoms with van der Waals surface area (Å²) in [5.41, 5.74) is 1.57. The van der Waals surface area contributed by atoms with Crippen LogP contribution in [0.15, 0.2) is 47.4 Å². The maximum Gasteiger partial charge on any atom is 0.416 e. The van der Waals surface area contributed by atoms with Gasteiger partial charge in [0.2, 0.25) is 0 Å². The molecule has 1 aliphatic heterocycles. The second kappa shape index (κ2) is 7.58. The Morgan fingerprint density at radius 2 is 1.85 bits per heavy atom. The van der Waals surface area contributed by atoms with Crippen molar-refractivity contribution in [1.29, 1.82) is 0 Å². The third-order valence-electron chi connectivity index (χ3n) is 5.86. The summed E-state index contributed by atoms with van der Waals surface area (Å²) < 4.78 is 49.2. The number of allylic oxidation sites excluding steroid dienone is 2. The number of fused-ring (bicyclic) bond motifs is 1. The highest BCUT2D eigenvalue weighted by atomic mass is 19.4. The van der Waals surface area contributed by atoms with Crippen molar-refractivity contribution >= 4 is 0 Å². The zero-order valence-electron chi connectivity index (χ0n) is 16.0. The second-order valence-corrected chi connectivity index (χ2v) is 7.45. The third kappa shape index (κ3) is 4.00. The number of rotatable bonds is 5. The van der Waals surface area contributed by atoms with E-state index in [1.165, 1.54) is 5.57 Å². The smallest absolute Gasteiger partial charge is 0.416 e. The van der Waals surface area contributed by atoms with E-state index in [9.17, 15) is 13.2 Å². The summed E-state index contributed by atoms with van der Waals surface area (Å²) in [6, 6.07) is 5.70. The molecule has 2 atom stereocenters. The van der Waals surface area contributed by atoms with Crippen molar-refractivity contribution in [1.82, 2.24) is 5.32 Å². The molecule has 6 heteroatoms. The van der Waals surface area contributed by atoms with Crippen LogP contribution in [0.4, 0.5) is 13.2 Å². The van der Waals surface area contributed by atoms with Gasteiger partial charge in [-0.1, -0.05) is 24.6 Å². The molecule has 0 amide bonds. The van der Waals surface area contributed by atoms with Crippen LogP contribution in [0.3, 0.4) is 0 Å². The number of halogens is 3. The first-order valence-electron chi connectivity index (χ1n) is 9.19. The van der Waals surface area contributed by atoms with Crippen LogP contribution in [0.25, 0.3) is 0 Å². The summed E-state index contributed by atoms with van der Waals surface area (Å²) in [5, 5.41) is 3.60. The van der Waals surface area contributed by atoms with E-state index in [1.54, 1.807) is 26.4 Å². The molecule has 0 aromatic heterocycles. The Kier molecular flexibility index (Phi) is 5.56. The molecule has 0 bridgehead atoms. The molecule has 1 aromatic carbocycles. The molecule has 3 rings (SSSR count). The number of methoxy groups -OCH3 is 2. The van der Waals surface area contributed by atoms with Gasteiger partial charge in [-0.15, -0.1) is 0 Å². The van der Waals surface area contributed by atoms with Crippen LogP contribution in [0, 0.1) is 5.41 Å². The van der Waals surface area contributed by atoms with Crippen molar-refractivity contribution in [2.45, 2.75) is 44.8 Å². The predicted molar refractivity (Wildman–Crippen MR) is 98.0 cm³/mol. The van der Waals surface area contributed by atoms with Crippen molar-refractivity contribution in [3.63, 3.8) is 0 Å². The number of hydrogen-bond donors (Lipinski definition) is 1. The standard InChI is InChI=1S/C21H26F3NO2/c1-20-13-18(27-3)17(26-2)12-16(20)10-11-25-19(20)9-6-14-4-7-15(8-5-14)21(22,23)24/h4-5,7-8,12,19,25H,6,9-11,13H2,1-3H3/t19-,20?/m0/s1. The molecule has 1 aliphatic carbocycles. The van der Waals surface area contributed by atoms with Gasteiger partial charge in [-0.05, 0) is 49.6 Å². The van der Waals surface area contributed by atoms with Gasteiger partial charge in [0.25, 0.3) is 0 Å². The van der Waals surface area contributed by atoms with Gasteiger partial charge in [0.1, 0.15) is 5.76 Å². The van der Waals surface area contributed by atoms with Crippen LogP contribution in [0.1, 0.15) is 37.3 Å². The number of ether oxygens (including phenoxy) is 2. The molecule has 3 nitrogen and oxygen atoms in total. The molecule has 1 aromatic rings. The lowest BCUT2D eigenvalue weighted by Gasteiger charge is -2.46. The molecule has 0 radical (unpaired) electrons. The number of piperidine rings is 1. The number of aryl methyl sites for hydroxylation is 1. The van der Waals surface area contributed by atoms with Gasteiger partial charge in [0.15, 0.2) is 5.76 Å². The number of nitrogens with one attached hydrogen (secondary N) is 1. The van der Waals surface area contributed by atoms with Crippen LogP contribution in [0.5, 0.6) is 0 Å². The molecule has 1 N–H and O–H groups in total. The number of hydrogen-bond acceptors (Lipinski definition) is 3. The average Bonchev–Trinajstić information content (AvgIpc) is 2.64. The molecule has 27 heavy (non-hydrogen) atoms. The van der Waals surface area contributed by atoms with E-state index in [0.29, 0.717) is 0 Å². The average molecular weight is 381 g/mol. The quantitative estimate of drug-likeness (QED) is 0.792. The van der Waals surface area contributed by atoms with Gasteiger partial charge in [-0.25, -0.2) is 0 Å². The van der Waals surface area contributed by atoms with E-state index in [2.05, 4.69) is 18.3 Å². The first-order valence-corrected chi connectivity index (χ1v) is 9.19. The molecular weight excluding hydrogens is 355 g/mol. The summed E-state index contributed by atoms with van der Waals surface area (Å²) in [7, 11) is 3.31. The van der Waals surface area contributed by atoms with Gasteiger partial charge in [-0.2, -0.15) is 13.2 Å². The predicted octanol–water partition coefficient (Wildman–Crippen LogP) is 4.84. The van der Waals surface area contributed by atoms with E-state index >= 15 is 0 Å². The minimum atomic E-state index is -4.29. The first kappa shape index (κ1) is 19.8. The fourth-order valence-corrected chi connectivity index (χ4v) is 4.19. The van der Waals surface area contributed by atoms with E-state index in [1.807, 2.05) is 0 Å². The Balaban J connectivity index is 1.72. The zero-order chi connectivity index (χ0) is 19.7. The Labute approximate surface area is 158 Å². The zero-order valence-corrected chi connectivity index (χ0v) is 16.0. The van der Waals surface area contributed by atoms with Crippen LogP contribution < -0.4 is 5.32 Å². The molecule has 1 heterocycles. The summed E-state index contributed by atoms with van der Waals surface area (Å²) in [6.45, 7) is 3.12. The molecule has 148 valence electrons. The minimum absolute atomic E-state index is 0.0858. The van der Waals surface area contributed by atoms with Crippen LogP contribution in [-0.4, -0.2) is 26.8 Å². The van der Waals surface area contributed by atoms with Crippen molar-refractivity contribution in [3.05, 3.63) is 58.6 Å². The lowest BCUT2D eigenvalue weighted by atomic mass is 9.65. The van der Waals surface area contributed by atoms with Crippen molar-refractivity contribution in [2.24, 2.45) is 5.41 Å². The molecule has 1 unspecified atom stereocenters. The van der Waals surface area contributed by atoms with Crippen LogP contribution in [0.2, 0.25) is 0 Å². The van der Waals surface area contributed by atoms with E-state index in [0.717, 1.165) is 61.4 Å². The summed E-state index contributed by atoms with van der Waals surface area (Å²) in [5.74, 6) is 1.63. The molecule has 1 fully saturated rings. The first-order chi connectivity index (χ1) is 12.8. The normalized spacial score (nSPS) is 25.7. The molecule has 0 saturated carbocycles. The van der Waals surface area contributed by atoms with E-state index in [-0.39, 0.29) is 11.5 Å². The minimum Gasteiger partial charge on any atom is -0.497 e. The fourth-order valence-electron chi connectivity index (χ4n) is 4.19. The Bertz CT molecular complexity index is 737. The monoisotopic (exact) mass is 381 g/mol. The maximum atomic E-state index is 12.7. The van der Waals surface area contributed by atoms with Crippen molar-refractivity contribution in [3.8, 4) is 0 Å². The molecular formula is C21H26F3NO2. The van der Waals surface area contributed by atoms with Crippen LogP contribution >= 0.6 is 0 Å². The highest BCUT2D eigenvalue weighted by molar-refractivity contribution is 5.36. The maximum absolute atomic E-state index is 12.7. The lowest BCUT2D eigenvalue weighted by molar-refractivity contribution is -0.137. The third-order valence-corrected chi connectivity index (χ3v) is 5.86. The van der Waals surface area contributed by atoms with Gasteiger partial charge in [0, 0.05) is 17.9 Å². The topological polar surface area (TPSA) is 30.5 Å². The van der Waals surface area contributed by atoms with E-state index < -0.39 is 11.7 Å². The fraction of sp³-hybridized carbons (Fsp3) is 0.524. The summed E-state index contributed by atoms with van der Waals surface area (Å²) >= 11 is 0. The summed E-state index contributed by atoms with van der Waals surface area (Å²) in [4.78, 5) is 0. The van der Waals surface area contributed by atoms with Gasteiger partial charge in [-0.3, -0.25) is 0 Å². The molecule has 2 aliphatic rings.